The second-order valence-electron chi connectivity index (χ2n) is 7.47. The second kappa shape index (κ2) is 10.6. The lowest BCUT2D eigenvalue weighted by Crippen LogP contribution is -2.34. The molecule has 1 amide bonds. The minimum atomic E-state index is -0.417. The van der Waals surface area contributed by atoms with Gasteiger partial charge in [-0.15, -0.1) is 10.2 Å². The van der Waals surface area contributed by atoms with Crippen LogP contribution in [0.25, 0.3) is 0 Å². The summed E-state index contributed by atoms with van der Waals surface area (Å²) < 4.78 is 1.98. The number of nitro groups is 1. The van der Waals surface area contributed by atoms with Crippen molar-refractivity contribution in [2.45, 2.75) is 44.3 Å². The number of nitrogens with one attached hydrogen (secondary N) is 1. The Labute approximate surface area is 195 Å². The number of nitro benzene ring substituents is 1. The normalized spacial score (nSPS) is 12.0. The first-order chi connectivity index (χ1) is 15.3. The van der Waals surface area contributed by atoms with Crippen LogP contribution in [0.2, 0.25) is 5.02 Å². The lowest BCUT2D eigenvalue weighted by molar-refractivity contribution is -0.384. The Morgan fingerprint density at radius 2 is 1.88 bits per heavy atom. The maximum absolute atomic E-state index is 12.8. The van der Waals surface area contributed by atoms with Gasteiger partial charge in [-0.3, -0.25) is 14.9 Å². The summed E-state index contributed by atoms with van der Waals surface area (Å²) in [4.78, 5) is 23.2. The molecule has 0 radical (unpaired) electrons. The molecule has 3 aromatic rings. The first-order valence-electron chi connectivity index (χ1n) is 10.2. The fourth-order valence-corrected chi connectivity index (χ4v) is 4.38. The van der Waals surface area contributed by atoms with Gasteiger partial charge in [0.2, 0.25) is 0 Å². The van der Waals surface area contributed by atoms with E-state index in [2.05, 4.69) is 15.5 Å². The van der Waals surface area contributed by atoms with Crippen LogP contribution in [-0.4, -0.2) is 25.6 Å². The molecule has 0 aliphatic carbocycles. The molecular weight excluding hydrogens is 450 g/mol. The molecule has 1 aromatic heterocycles. The van der Waals surface area contributed by atoms with Crippen LogP contribution in [0, 0.1) is 16.0 Å². The fraction of sp³-hybridized carbons (Fsp3) is 0.318. The van der Waals surface area contributed by atoms with Gasteiger partial charge in [0.1, 0.15) is 0 Å². The molecule has 0 saturated carbocycles. The predicted molar refractivity (Wildman–Crippen MR) is 125 cm³/mol. The highest BCUT2D eigenvalue weighted by Crippen LogP contribution is 2.28. The molecule has 8 nitrogen and oxygen atoms in total. The van der Waals surface area contributed by atoms with Crippen LogP contribution in [0.4, 0.5) is 5.69 Å². The van der Waals surface area contributed by atoms with Crippen LogP contribution in [0.3, 0.4) is 0 Å². The molecule has 1 atom stereocenters. The maximum Gasteiger partial charge on any atom is 0.269 e. The fourth-order valence-electron chi connectivity index (χ4n) is 3.19. The summed E-state index contributed by atoms with van der Waals surface area (Å²) in [6, 6.07) is 13.0. The molecule has 0 bridgehead atoms. The van der Waals surface area contributed by atoms with E-state index in [4.69, 9.17) is 11.6 Å². The van der Waals surface area contributed by atoms with Crippen molar-refractivity contribution >= 4 is 35.0 Å². The van der Waals surface area contributed by atoms with Crippen LogP contribution in [0.1, 0.15) is 48.6 Å². The summed E-state index contributed by atoms with van der Waals surface area (Å²) in [5.74, 6) is 1.08. The van der Waals surface area contributed by atoms with E-state index in [9.17, 15) is 14.9 Å². The zero-order chi connectivity index (χ0) is 23.3. The van der Waals surface area contributed by atoms with Crippen molar-refractivity contribution in [3.05, 3.63) is 80.6 Å². The van der Waals surface area contributed by atoms with Gasteiger partial charge in [-0.1, -0.05) is 61.5 Å². The lowest BCUT2D eigenvalue weighted by Gasteiger charge is -2.22. The molecule has 10 heteroatoms. The standard InChI is InChI=1S/C22H24ClN5O3S/c1-4-27-20(19(14(2)3)24-21(29)17-7-5-6-8-18(17)23)25-26-22(27)32-13-15-9-11-16(12-10-15)28(30)31/h5-12,14,19H,4,13H2,1-3H3,(H,24,29)/t19-/m1/s1. The molecular formula is C22H24ClN5O3S. The Hall–Kier alpha value is -2.91. The quantitative estimate of drug-likeness (QED) is 0.257. The van der Waals surface area contributed by atoms with E-state index in [1.54, 1.807) is 36.4 Å². The van der Waals surface area contributed by atoms with Crippen molar-refractivity contribution in [3.63, 3.8) is 0 Å². The molecule has 0 fully saturated rings. The number of nitrogens with zero attached hydrogens (tertiary/aromatic N) is 4. The summed E-state index contributed by atoms with van der Waals surface area (Å²) in [5.41, 5.74) is 1.42. The van der Waals surface area contributed by atoms with Crippen molar-refractivity contribution in [2.24, 2.45) is 5.92 Å². The average molecular weight is 474 g/mol. The van der Waals surface area contributed by atoms with Gasteiger partial charge in [0.25, 0.3) is 11.6 Å². The number of halogens is 1. The molecule has 0 aliphatic rings. The van der Waals surface area contributed by atoms with E-state index in [0.29, 0.717) is 28.7 Å². The minimum Gasteiger partial charge on any atom is -0.342 e. The Balaban J connectivity index is 1.78. The highest BCUT2D eigenvalue weighted by atomic mass is 35.5. The maximum atomic E-state index is 12.8. The third kappa shape index (κ3) is 5.46. The van der Waals surface area contributed by atoms with Gasteiger partial charge < -0.3 is 9.88 Å². The summed E-state index contributed by atoms with van der Waals surface area (Å²) in [7, 11) is 0. The van der Waals surface area contributed by atoms with Crippen LogP contribution in [0.15, 0.2) is 53.7 Å². The number of rotatable bonds is 9. The molecule has 0 saturated heterocycles. The van der Waals surface area contributed by atoms with Gasteiger partial charge in [0.15, 0.2) is 11.0 Å². The van der Waals surface area contributed by atoms with E-state index in [1.165, 1.54) is 23.9 Å². The predicted octanol–water partition coefficient (Wildman–Crippen LogP) is 5.28. The Kier molecular flexibility index (Phi) is 7.87. The largest absolute Gasteiger partial charge is 0.342 e. The number of amides is 1. The summed E-state index contributed by atoms with van der Waals surface area (Å²) >= 11 is 7.67. The number of non-ortho nitro benzene ring substituents is 1. The summed E-state index contributed by atoms with van der Waals surface area (Å²) in [5, 5.41) is 23.7. The van der Waals surface area contributed by atoms with Crippen molar-refractivity contribution in [2.75, 3.05) is 0 Å². The van der Waals surface area contributed by atoms with E-state index < -0.39 is 4.92 Å². The third-order valence-corrected chi connectivity index (χ3v) is 6.29. The van der Waals surface area contributed by atoms with Crippen LogP contribution in [-0.2, 0) is 12.3 Å². The number of carbonyl (C=O) groups excluding carboxylic acids is 1. The van der Waals surface area contributed by atoms with Gasteiger partial charge in [-0.05, 0) is 30.5 Å². The van der Waals surface area contributed by atoms with Gasteiger partial charge in [0, 0.05) is 24.4 Å². The topological polar surface area (TPSA) is 103 Å². The van der Waals surface area contributed by atoms with E-state index in [-0.39, 0.29) is 23.6 Å². The Morgan fingerprint density at radius 3 is 2.47 bits per heavy atom. The molecule has 32 heavy (non-hydrogen) atoms. The van der Waals surface area contributed by atoms with Crippen LogP contribution in [0.5, 0.6) is 0 Å². The SMILES string of the molecule is CCn1c(SCc2ccc([N+](=O)[O-])cc2)nnc1[C@H](NC(=O)c1ccccc1Cl)C(C)C. The highest BCUT2D eigenvalue weighted by Gasteiger charge is 2.26. The first-order valence-corrected chi connectivity index (χ1v) is 11.5. The number of thioether (sulfide) groups is 1. The van der Waals surface area contributed by atoms with E-state index in [1.807, 2.05) is 25.3 Å². The number of hydrogen-bond acceptors (Lipinski definition) is 6. The Bertz CT molecular complexity index is 1100. The summed E-state index contributed by atoms with van der Waals surface area (Å²) in [6.45, 7) is 6.65. The first kappa shape index (κ1) is 23.7. The van der Waals surface area contributed by atoms with Crippen LogP contribution >= 0.6 is 23.4 Å². The lowest BCUT2D eigenvalue weighted by atomic mass is 10.0. The second-order valence-corrected chi connectivity index (χ2v) is 8.82. The molecule has 0 spiro atoms. The van der Waals surface area contributed by atoms with Crippen molar-refractivity contribution in [3.8, 4) is 0 Å². The zero-order valence-electron chi connectivity index (χ0n) is 18.0. The molecule has 3 rings (SSSR count). The van der Waals surface area contributed by atoms with Crippen LogP contribution < -0.4 is 5.32 Å². The molecule has 1 N–H and O–H groups in total. The van der Waals surface area contributed by atoms with Crippen molar-refractivity contribution in [1.82, 2.24) is 20.1 Å². The van der Waals surface area contributed by atoms with Gasteiger partial charge >= 0.3 is 0 Å². The van der Waals surface area contributed by atoms with Gasteiger partial charge in [-0.25, -0.2) is 0 Å². The third-order valence-electron chi connectivity index (χ3n) is 4.93. The number of carbonyl (C=O) groups is 1. The van der Waals surface area contributed by atoms with Crippen molar-refractivity contribution in [1.29, 1.82) is 0 Å². The highest BCUT2D eigenvalue weighted by molar-refractivity contribution is 7.98. The molecule has 1 heterocycles. The number of benzene rings is 2. The van der Waals surface area contributed by atoms with Gasteiger partial charge in [-0.2, -0.15) is 0 Å². The zero-order valence-corrected chi connectivity index (χ0v) is 19.6. The average Bonchev–Trinajstić information content (AvgIpc) is 3.18. The molecule has 0 unspecified atom stereocenters. The number of aromatic nitrogens is 3. The summed E-state index contributed by atoms with van der Waals surface area (Å²) in [6.07, 6.45) is 0. The number of hydrogen-bond donors (Lipinski definition) is 1. The van der Waals surface area contributed by atoms with E-state index >= 15 is 0 Å². The Morgan fingerprint density at radius 1 is 1.19 bits per heavy atom. The molecule has 168 valence electrons. The minimum absolute atomic E-state index is 0.0618. The van der Waals surface area contributed by atoms with Crippen molar-refractivity contribution < 1.29 is 9.72 Å². The monoisotopic (exact) mass is 473 g/mol. The molecule has 2 aromatic carbocycles. The smallest absolute Gasteiger partial charge is 0.269 e. The van der Waals surface area contributed by atoms with E-state index in [0.717, 1.165) is 10.7 Å². The van der Waals surface area contributed by atoms with Gasteiger partial charge in [0.05, 0.1) is 21.6 Å². The molecule has 0 aliphatic heterocycles.